The van der Waals surface area contributed by atoms with Crippen molar-refractivity contribution >= 4 is 11.9 Å². The average molecular weight is 429 g/mol. The minimum Gasteiger partial charge on any atom is -0.427 e. The van der Waals surface area contributed by atoms with Crippen LogP contribution in [-0.4, -0.2) is 29.9 Å². The zero-order valence-corrected chi connectivity index (χ0v) is 19.0. The molecule has 168 valence electrons. The van der Waals surface area contributed by atoms with Crippen molar-refractivity contribution in [2.24, 2.45) is 17.3 Å². The van der Waals surface area contributed by atoms with Gasteiger partial charge in [-0.1, -0.05) is 6.92 Å². The van der Waals surface area contributed by atoms with Gasteiger partial charge in [-0.05, 0) is 80.8 Å². The maximum atomic E-state index is 11.9. The highest BCUT2D eigenvalue weighted by atomic mass is 16.8. The largest absolute Gasteiger partial charge is 0.427 e. The van der Waals surface area contributed by atoms with Crippen LogP contribution < -0.4 is 9.47 Å². The average Bonchev–Trinajstić information content (AvgIpc) is 3.10. The maximum absolute atomic E-state index is 11.9. The van der Waals surface area contributed by atoms with Crippen molar-refractivity contribution in [2.45, 2.75) is 90.6 Å². The van der Waals surface area contributed by atoms with E-state index >= 15 is 0 Å². The summed E-state index contributed by atoms with van der Waals surface area (Å²) in [7, 11) is 0. The molecular formula is C25H32O6. The first-order valence-corrected chi connectivity index (χ1v) is 11.5. The van der Waals surface area contributed by atoms with E-state index in [4.69, 9.17) is 18.9 Å². The van der Waals surface area contributed by atoms with Crippen molar-refractivity contribution in [1.82, 2.24) is 0 Å². The van der Waals surface area contributed by atoms with Gasteiger partial charge in [0.05, 0.1) is 12.2 Å². The minimum absolute atomic E-state index is 0.108. The topological polar surface area (TPSA) is 71.1 Å². The lowest BCUT2D eigenvalue weighted by Gasteiger charge is -2.50. The van der Waals surface area contributed by atoms with Gasteiger partial charge in [0.25, 0.3) is 0 Å². The van der Waals surface area contributed by atoms with Gasteiger partial charge in [0.2, 0.25) is 0 Å². The summed E-state index contributed by atoms with van der Waals surface area (Å²) in [6.45, 7) is 9.20. The predicted octanol–water partition coefficient (Wildman–Crippen LogP) is 4.52. The van der Waals surface area contributed by atoms with Crippen molar-refractivity contribution in [3.63, 3.8) is 0 Å². The van der Waals surface area contributed by atoms with Gasteiger partial charge in [0.1, 0.15) is 11.5 Å². The third kappa shape index (κ3) is 3.39. The summed E-state index contributed by atoms with van der Waals surface area (Å²) >= 11 is 0. The Kier molecular flexibility index (Phi) is 4.76. The van der Waals surface area contributed by atoms with E-state index in [9.17, 15) is 9.59 Å². The van der Waals surface area contributed by atoms with Gasteiger partial charge in [-0.3, -0.25) is 9.59 Å². The second kappa shape index (κ2) is 7.04. The molecule has 5 rings (SSSR count). The number of hydrogen-bond acceptors (Lipinski definition) is 6. The van der Waals surface area contributed by atoms with Crippen LogP contribution in [0, 0.1) is 17.3 Å². The number of hydrogen-bond donors (Lipinski definition) is 0. The maximum Gasteiger partial charge on any atom is 0.308 e. The van der Waals surface area contributed by atoms with Crippen molar-refractivity contribution in [2.75, 3.05) is 0 Å². The predicted molar refractivity (Wildman–Crippen MR) is 113 cm³/mol. The van der Waals surface area contributed by atoms with Gasteiger partial charge < -0.3 is 18.9 Å². The summed E-state index contributed by atoms with van der Waals surface area (Å²) in [6, 6.07) is 3.65. The molecule has 4 aliphatic rings. The van der Waals surface area contributed by atoms with Crippen LogP contribution in [0.25, 0.3) is 0 Å². The molecule has 1 aliphatic heterocycles. The first-order valence-electron chi connectivity index (χ1n) is 11.5. The lowest BCUT2D eigenvalue weighted by Crippen LogP contribution is -2.45. The lowest BCUT2D eigenvalue weighted by molar-refractivity contribution is -0.178. The van der Waals surface area contributed by atoms with Gasteiger partial charge in [-0.15, -0.1) is 0 Å². The van der Waals surface area contributed by atoms with E-state index in [0.29, 0.717) is 29.3 Å². The summed E-state index contributed by atoms with van der Waals surface area (Å²) in [5.74, 6) is 1.10. The lowest BCUT2D eigenvalue weighted by atomic mass is 9.55. The van der Waals surface area contributed by atoms with Crippen LogP contribution in [0.2, 0.25) is 0 Å². The van der Waals surface area contributed by atoms with Crippen molar-refractivity contribution in [3.8, 4) is 11.5 Å². The number of carbonyl (C=O) groups excluding carboxylic acids is 2. The van der Waals surface area contributed by atoms with Crippen molar-refractivity contribution in [1.29, 1.82) is 0 Å². The van der Waals surface area contributed by atoms with E-state index in [-0.39, 0.29) is 29.6 Å². The molecule has 0 radical (unpaired) electrons. The van der Waals surface area contributed by atoms with Crippen LogP contribution in [0.4, 0.5) is 0 Å². The molecule has 0 N–H and O–H groups in total. The number of aryl methyl sites for hydroxylation is 1. The Morgan fingerprint density at radius 3 is 2.48 bits per heavy atom. The zero-order valence-electron chi connectivity index (χ0n) is 19.0. The summed E-state index contributed by atoms with van der Waals surface area (Å²) in [5, 5.41) is 0. The molecular weight excluding hydrogens is 396 g/mol. The smallest absolute Gasteiger partial charge is 0.308 e. The Labute approximate surface area is 183 Å². The van der Waals surface area contributed by atoms with E-state index < -0.39 is 5.79 Å². The molecule has 3 fully saturated rings. The van der Waals surface area contributed by atoms with Crippen molar-refractivity contribution < 1.29 is 28.5 Å². The molecule has 0 amide bonds. The van der Waals surface area contributed by atoms with Crippen LogP contribution in [0.15, 0.2) is 12.1 Å². The molecule has 1 saturated heterocycles. The molecule has 3 aliphatic carbocycles. The molecule has 1 aromatic rings. The second-order valence-corrected chi connectivity index (χ2v) is 10.5. The molecule has 6 heteroatoms. The molecule has 0 aromatic heterocycles. The number of benzene rings is 1. The van der Waals surface area contributed by atoms with Gasteiger partial charge >= 0.3 is 11.9 Å². The van der Waals surface area contributed by atoms with Gasteiger partial charge in [0, 0.05) is 25.5 Å². The fourth-order valence-electron chi connectivity index (χ4n) is 7.08. The molecule has 0 spiro atoms. The standard InChI is InChI=1S/C25H32O6/c1-13(26)28-16-10-15-6-7-17-18(22(15)20(11-16)29-14(2)27)8-9-25(5)19(17)12-21-23(25)31-24(3,4)30-21/h10-11,17-19,21,23H,6-9,12H2,1-5H3/t17-,18-,19-,21+,23+,25-/m0/s1. The Morgan fingerprint density at radius 1 is 1.03 bits per heavy atom. The van der Waals surface area contributed by atoms with E-state index in [1.807, 2.05) is 19.9 Å². The van der Waals surface area contributed by atoms with Crippen LogP contribution in [0.5, 0.6) is 11.5 Å². The Balaban J connectivity index is 1.50. The van der Waals surface area contributed by atoms with Crippen LogP contribution in [0.1, 0.15) is 77.3 Å². The number of esters is 2. The molecule has 31 heavy (non-hydrogen) atoms. The third-order valence-electron chi connectivity index (χ3n) is 8.03. The first kappa shape index (κ1) is 21.0. The van der Waals surface area contributed by atoms with Crippen LogP contribution in [-0.2, 0) is 25.5 Å². The van der Waals surface area contributed by atoms with Crippen LogP contribution in [0.3, 0.4) is 0 Å². The molecule has 1 heterocycles. The normalized spacial score (nSPS) is 37.3. The summed E-state index contributed by atoms with van der Waals surface area (Å²) in [5.41, 5.74) is 2.37. The van der Waals surface area contributed by atoms with Gasteiger partial charge in [0.15, 0.2) is 5.79 Å². The molecule has 0 unspecified atom stereocenters. The van der Waals surface area contributed by atoms with Crippen LogP contribution >= 0.6 is 0 Å². The second-order valence-electron chi connectivity index (χ2n) is 10.5. The Morgan fingerprint density at radius 2 is 1.77 bits per heavy atom. The summed E-state index contributed by atoms with van der Waals surface area (Å²) in [6.07, 6.45) is 5.37. The highest BCUT2D eigenvalue weighted by molar-refractivity contribution is 5.72. The molecule has 2 saturated carbocycles. The summed E-state index contributed by atoms with van der Waals surface area (Å²) < 4.78 is 23.6. The number of rotatable bonds is 2. The molecule has 0 bridgehead atoms. The quantitative estimate of drug-likeness (QED) is 0.509. The highest BCUT2D eigenvalue weighted by Crippen LogP contribution is 2.65. The molecule has 1 aromatic carbocycles. The van der Waals surface area contributed by atoms with Gasteiger partial charge in [-0.2, -0.15) is 0 Å². The van der Waals surface area contributed by atoms with E-state index in [2.05, 4.69) is 6.92 Å². The molecule has 6 nitrogen and oxygen atoms in total. The number of carbonyl (C=O) groups is 2. The fraction of sp³-hybridized carbons (Fsp3) is 0.680. The fourth-order valence-corrected chi connectivity index (χ4v) is 7.08. The Hall–Kier alpha value is -1.92. The monoisotopic (exact) mass is 428 g/mol. The van der Waals surface area contributed by atoms with E-state index in [1.54, 1.807) is 6.07 Å². The van der Waals surface area contributed by atoms with Crippen molar-refractivity contribution in [3.05, 3.63) is 23.3 Å². The van der Waals surface area contributed by atoms with Gasteiger partial charge in [-0.25, -0.2) is 0 Å². The SMILES string of the molecule is CC(=O)Oc1cc2c(c(OC(C)=O)c1)[C@H]1CC[C@]3(C)[C@@H]4OC(C)(C)O[C@@H]4C[C@H]3[C@H]1CC2. The minimum atomic E-state index is -0.505. The third-order valence-corrected chi connectivity index (χ3v) is 8.03. The molecule has 6 atom stereocenters. The summed E-state index contributed by atoms with van der Waals surface area (Å²) in [4.78, 5) is 23.3. The number of ether oxygens (including phenoxy) is 4. The number of fused-ring (bicyclic) bond motifs is 7. The highest BCUT2D eigenvalue weighted by Gasteiger charge is 2.63. The van der Waals surface area contributed by atoms with E-state index in [0.717, 1.165) is 43.2 Å². The van der Waals surface area contributed by atoms with E-state index in [1.165, 1.54) is 13.8 Å². The zero-order chi connectivity index (χ0) is 22.1. The first-order chi connectivity index (χ1) is 14.6. The Bertz CT molecular complexity index is 936.